The van der Waals surface area contributed by atoms with Crippen LogP contribution in [0, 0.1) is 11.3 Å². The van der Waals surface area contributed by atoms with Crippen molar-refractivity contribution in [1.29, 1.82) is 5.26 Å². The smallest absolute Gasteiger partial charge is 0.411 e. The van der Waals surface area contributed by atoms with E-state index < -0.39 is 29.7 Å². The van der Waals surface area contributed by atoms with Gasteiger partial charge in [0.15, 0.2) is 6.61 Å². The Hall–Kier alpha value is -3.28. The molecule has 2 N–H and O–H groups in total. The van der Waals surface area contributed by atoms with Gasteiger partial charge < -0.3 is 20.1 Å². The molecule has 2 unspecified atom stereocenters. The van der Waals surface area contributed by atoms with E-state index in [-0.39, 0.29) is 19.1 Å². The number of nitriles is 1. The average molecular weight is 428 g/mol. The standard InChI is InChI=1S/C22H28N4O5/c1-22(2,3)31-21(29)26-12-15-9-17(30-13-19(24)27)7-6-14(15)10-18(26)20(28)25-8-4-5-16(25)11-23/h6-7,9,16,18H,4-5,8,10,12-13H2,1-3H3,(H2,24,27). The number of fused-ring (bicyclic) bond motifs is 1. The van der Waals surface area contributed by atoms with Gasteiger partial charge in [-0.1, -0.05) is 6.07 Å². The molecule has 9 heteroatoms. The van der Waals surface area contributed by atoms with E-state index in [1.165, 1.54) is 4.90 Å². The third-order valence-electron chi connectivity index (χ3n) is 5.29. The predicted molar refractivity (Wildman–Crippen MR) is 111 cm³/mol. The Morgan fingerprint density at radius 2 is 1.97 bits per heavy atom. The zero-order chi connectivity index (χ0) is 22.8. The predicted octanol–water partition coefficient (Wildman–Crippen LogP) is 1.73. The van der Waals surface area contributed by atoms with Crippen molar-refractivity contribution in [2.75, 3.05) is 13.2 Å². The number of hydrogen-bond donors (Lipinski definition) is 1. The van der Waals surface area contributed by atoms with Gasteiger partial charge in [-0.25, -0.2) is 4.79 Å². The molecule has 1 aromatic carbocycles. The number of rotatable bonds is 4. The fraction of sp³-hybridized carbons (Fsp3) is 0.545. The Morgan fingerprint density at radius 1 is 1.23 bits per heavy atom. The summed E-state index contributed by atoms with van der Waals surface area (Å²) >= 11 is 0. The van der Waals surface area contributed by atoms with Crippen LogP contribution in [0.25, 0.3) is 0 Å². The normalized spacial score (nSPS) is 20.6. The number of nitrogens with two attached hydrogens (primary N) is 1. The van der Waals surface area contributed by atoms with E-state index in [9.17, 15) is 19.6 Å². The lowest BCUT2D eigenvalue weighted by Crippen LogP contribution is -2.55. The third kappa shape index (κ3) is 5.26. The second-order valence-corrected chi connectivity index (χ2v) is 8.83. The Bertz CT molecular complexity index is 917. The Labute approximate surface area is 181 Å². The first-order valence-electron chi connectivity index (χ1n) is 10.3. The van der Waals surface area contributed by atoms with E-state index in [0.717, 1.165) is 17.5 Å². The van der Waals surface area contributed by atoms with Crippen LogP contribution in [0.3, 0.4) is 0 Å². The molecule has 2 heterocycles. The Balaban J connectivity index is 1.90. The largest absolute Gasteiger partial charge is 0.484 e. The van der Waals surface area contributed by atoms with Gasteiger partial charge in [0, 0.05) is 13.0 Å². The van der Waals surface area contributed by atoms with E-state index >= 15 is 0 Å². The Morgan fingerprint density at radius 3 is 2.61 bits per heavy atom. The lowest BCUT2D eigenvalue weighted by molar-refractivity contribution is -0.137. The van der Waals surface area contributed by atoms with Crippen LogP contribution < -0.4 is 10.5 Å². The molecule has 0 radical (unpaired) electrons. The molecule has 1 fully saturated rings. The molecular formula is C22H28N4O5. The molecule has 0 aliphatic carbocycles. The van der Waals surface area contributed by atoms with Gasteiger partial charge in [0.1, 0.15) is 23.4 Å². The summed E-state index contributed by atoms with van der Waals surface area (Å²) in [6.45, 7) is 5.70. The number of ether oxygens (including phenoxy) is 2. The minimum absolute atomic E-state index is 0.152. The number of likely N-dealkylation sites (tertiary alicyclic amines) is 1. The van der Waals surface area contributed by atoms with Crippen LogP contribution in [-0.4, -0.2) is 58.5 Å². The summed E-state index contributed by atoms with van der Waals surface area (Å²) in [7, 11) is 0. The first-order chi connectivity index (χ1) is 14.6. The maximum absolute atomic E-state index is 13.4. The SMILES string of the molecule is CC(C)(C)OC(=O)N1Cc2cc(OCC(N)=O)ccc2CC1C(=O)N1CCCC1C#N. The van der Waals surface area contributed by atoms with Crippen molar-refractivity contribution < 1.29 is 23.9 Å². The van der Waals surface area contributed by atoms with E-state index in [1.54, 1.807) is 37.8 Å². The van der Waals surface area contributed by atoms with E-state index in [4.69, 9.17) is 15.2 Å². The summed E-state index contributed by atoms with van der Waals surface area (Å²) in [5.41, 5.74) is 6.11. The summed E-state index contributed by atoms with van der Waals surface area (Å²) in [6, 6.07) is 6.23. The van der Waals surface area contributed by atoms with E-state index in [1.807, 2.05) is 6.07 Å². The van der Waals surface area contributed by atoms with Crippen LogP contribution in [0.15, 0.2) is 18.2 Å². The zero-order valence-electron chi connectivity index (χ0n) is 18.1. The number of amides is 3. The van der Waals surface area contributed by atoms with Gasteiger partial charge in [0.2, 0.25) is 5.91 Å². The summed E-state index contributed by atoms with van der Waals surface area (Å²) in [5.74, 6) is -0.374. The summed E-state index contributed by atoms with van der Waals surface area (Å²) in [6.07, 6.45) is 1.12. The molecule has 3 amide bonds. The Kier molecular flexibility index (Phi) is 6.39. The van der Waals surface area contributed by atoms with Crippen LogP contribution in [0.1, 0.15) is 44.7 Å². The van der Waals surface area contributed by atoms with Crippen molar-refractivity contribution >= 4 is 17.9 Å². The summed E-state index contributed by atoms with van der Waals surface area (Å²) < 4.78 is 10.9. The van der Waals surface area contributed by atoms with Crippen molar-refractivity contribution in [2.24, 2.45) is 5.73 Å². The van der Waals surface area contributed by atoms with Gasteiger partial charge in [-0.2, -0.15) is 5.26 Å². The third-order valence-corrected chi connectivity index (χ3v) is 5.29. The highest BCUT2D eigenvalue weighted by Gasteiger charge is 2.41. The highest BCUT2D eigenvalue weighted by atomic mass is 16.6. The first kappa shape index (κ1) is 22.4. The van der Waals surface area contributed by atoms with Crippen molar-refractivity contribution in [1.82, 2.24) is 9.80 Å². The van der Waals surface area contributed by atoms with Gasteiger partial charge in [-0.3, -0.25) is 14.5 Å². The van der Waals surface area contributed by atoms with Crippen LogP contribution in [-0.2, 0) is 27.3 Å². The van der Waals surface area contributed by atoms with Gasteiger partial charge >= 0.3 is 6.09 Å². The number of benzene rings is 1. The van der Waals surface area contributed by atoms with Crippen molar-refractivity contribution in [3.8, 4) is 11.8 Å². The molecule has 2 aliphatic rings. The van der Waals surface area contributed by atoms with Crippen molar-refractivity contribution in [3.63, 3.8) is 0 Å². The molecule has 0 bridgehead atoms. The molecule has 0 aromatic heterocycles. The molecule has 1 aromatic rings. The molecule has 3 rings (SSSR count). The second-order valence-electron chi connectivity index (χ2n) is 8.83. The summed E-state index contributed by atoms with van der Waals surface area (Å²) in [4.78, 5) is 40.3. The molecule has 2 aliphatic heterocycles. The number of nitrogens with zero attached hydrogens (tertiary/aromatic N) is 3. The maximum atomic E-state index is 13.4. The average Bonchev–Trinajstić information content (AvgIpc) is 3.18. The van der Waals surface area contributed by atoms with Gasteiger partial charge in [0.25, 0.3) is 5.91 Å². The molecule has 2 atom stereocenters. The van der Waals surface area contributed by atoms with Crippen LogP contribution in [0.4, 0.5) is 4.79 Å². The second kappa shape index (κ2) is 8.84. The number of hydrogen-bond acceptors (Lipinski definition) is 6. The lowest BCUT2D eigenvalue weighted by atomic mass is 9.93. The maximum Gasteiger partial charge on any atom is 0.411 e. The fourth-order valence-electron chi connectivity index (χ4n) is 3.89. The summed E-state index contributed by atoms with van der Waals surface area (Å²) in [5, 5.41) is 9.39. The topological polar surface area (TPSA) is 126 Å². The molecule has 166 valence electrons. The van der Waals surface area contributed by atoms with Crippen LogP contribution >= 0.6 is 0 Å². The first-order valence-corrected chi connectivity index (χ1v) is 10.3. The molecule has 0 saturated carbocycles. The van der Waals surface area contributed by atoms with E-state index in [0.29, 0.717) is 25.1 Å². The number of carbonyl (C=O) groups is 3. The fourth-order valence-corrected chi connectivity index (χ4v) is 3.89. The number of primary amides is 1. The highest BCUT2D eigenvalue weighted by Crippen LogP contribution is 2.30. The minimum Gasteiger partial charge on any atom is -0.484 e. The molecule has 0 spiro atoms. The van der Waals surface area contributed by atoms with Gasteiger partial charge in [0.05, 0.1) is 12.6 Å². The molecular weight excluding hydrogens is 400 g/mol. The number of carbonyl (C=O) groups excluding carboxylic acids is 3. The molecule has 1 saturated heterocycles. The van der Waals surface area contributed by atoms with Crippen LogP contribution in [0.5, 0.6) is 5.75 Å². The highest BCUT2D eigenvalue weighted by molar-refractivity contribution is 5.87. The monoisotopic (exact) mass is 428 g/mol. The van der Waals surface area contributed by atoms with Crippen LogP contribution in [0.2, 0.25) is 0 Å². The van der Waals surface area contributed by atoms with Crippen molar-refractivity contribution in [3.05, 3.63) is 29.3 Å². The van der Waals surface area contributed by atoms with Gasteiger partial charge in [-0.05, 0) is 56.9 Å². The molecule has 31 heavy (non-hydrogen) atoms. The molecule has 9 nitrogen and oxygen atoms in total. The lowest BCUT2D eigenvalue weighted by Gasteiger charge is -2.39. The minimum atomic E-state index is -0.756. The quantitative estimate of drug-likeness (QED) is 0.778. The zero-order valence-corrected chi connectivity index (χ0v) is 18.1. The van der Waals surface area contributed by atoms with Crippen molar-refractivity contribution in [2.45, 2.75) is 64.3 Å². The van der Waals surface area contributed by atoms with Gasteiger partial charge in [-0.15, -0.1) is 0 Å². The van der Waals surface area contributed by atoms with E-state index in [2.05, 4.69) is 6.07 Å².